The molecule has 1 aliphatic rings. The van der Waals surface area contributed by atoms with Crippen LogP contribution in [0.3, 0.4) is 0 Å². The summed E-state index contributed by atoms with van der Waals surface area (Å²) in [5.74, 6) is -0.118. The number of hydrogen-bond donors (Lipinski definition) is 4. The highest BCUT2D eigenvalue weighted by atomic mass is 16.6. The summed E-state index contributed by atoms with van der Waals surface area (Å²) in [7, 11) is 0. The maximum Gasteiger partial charge on any atom is 0.328 e. The summed E-state index contributed by atoms with van der Waals surface area (Å²) in [6, 6.07) is 0. The van der Waals surface area contributed by atoms with Crippen molar-refractivity contribution in [2.75, 3.05) is 6.61 Å². The second kappa shape index (κ2) is 6.53. The van der Waals surface area contributed by atoms with E-state index in [1.165, 1.54) is 13.1 Å². The summed E-state index contributed by atoms with van der Waals surface area (Å²) in [5, 5.41) is 28.7. The number of aromatic nitrogens is 2. The first-order chi connectivity index (χ1) is 10.3. The zero-order chi connectivity index (χ0) is 16.4. The van der Waals surface area contributed by atoms with Gasteiger partial charge in [0.2, 0.25) is 0 Å². The number of ether oxygens (including phenoxy) is 1. The number of nitrogens with one attached hydrogen (secondary N) is 1. The average Bonchev–Trinajstić information content (AvgIpc) is 2.74. The number of aromatic amines is 1. The molecular weight excluding hydrogens is 296 g/mol. The lowest BCUT2D eigenvalue weighted by Crippen LogP contribution is -2.36. The Morgan fingerprint density at radius 1 is 1.36 bits per heavy atom. The maximum absolute atomic E-state index is 11.9. The molecule has 0 aliphatic carbocycles. The zero-order valence-corrected chi connectivity index (χ0v) is 11.9. The van der Waals surface area contributed by atoms with E-state index < -0.39 is 42.3 Å². The molecule has 1 fully saturated rings. The Balaban J connectivity index is 2.35. The molecule has 2 rings (SSSR count). The first-order valence-electron chi connectivity index (χ1n) is 6.80. The third-order valence-corrected chi connectivity index (χ3v) is 3.59. The quantitative estimate of drug-likeness (QED) is 0.477. The number of carbonyl (C=O) groups is 1. The van der Waals surface area contributed by atoms with Gasteiger partial charge in [0.15, 0.2) is 0 Å². The number of carbonyl (C=O) groups excluding carboxylic acids is 1. The normalized spacial score (nSPS) is 28.0. The van der Waals surface area contributed by atoms with E-state index in [1.807, 2.05) is 0 Å². The summed E-state index contributed by atoms with van der Waals surface area (Å²) in [4.78, 5) is 36.7. The van der Waals surface area contributed by atoms with Crippen LogP contribution in [0.2, 0.25) is 0 Å². The predicted molar refractivity (Wildman–Crippen MR) is 73.3 cm³/mol. The van der Waals surface area contributed by atoms with Crippen LogP contribution in [-0.2, 0) is 16.1 Å². The van der Waals surface area contributed by atoms with Crippen molar-refractivity contribution in [3.63, 3.8) is 0 Å². The predicted octanol–water partition coefficient (Wildman–Crippen LogP) is -2.33. The van der Waals surface area contributed by atoms with E-state index in [1.54, 1.807) is 0 Å². The first-order valence-corrected chi connectivity index (χ1v) is 6.80. The van der Waals surface area contributed by atoms with Crippen molar-refractivity contribution in [2.45, 2.75) is 44.3 Å². The fourth-order valence-corrected chi connectivity index (χ4v) is 2.33. The number of aryl methyl sites for hydroxylation is 1. The number of Topliss-reactive ketones (excluding diaryl/α,β-unsaturated/α-hetero) is 1. The van der Waals surface area contributed by atoms with Gasteiger partial charge in [0.25, 0.3) is 5.56 Å². The van der Waals surface area contributed by atoms with Crippen LogP contribution >= 0.6 is 0 Å². The third-order valence-electron chi connectivity index (χ3n) is 3.59. The summed E-state index contributed by atoms with van der Waals surface area (Å²) >= 11 is 0. The number of aliphatic hydroxyl groups excluding tert-OH is 3. The van der Waals surface area contributed by atoms with Gasteiger partial charge < -0.3 is 20.1 Å². The summed E-state index contributed by atoms with van der Waals surface area (Å²) < 4.78 is 6.40. The number of hydrogen-bond acceptors (Lipinski definition) is 7. The van der Waals surface area contributed by atoms with Crippen molar-refractivity contribution < 1.29 is 24.9 Å². The van der Waals surface area contributed by atoms with Crippen LogP contribution in [0.15, 0.2) is 15.8 Å². The van der Waals surface area contributed by atoms with Crippen molar-refractivity contribution in [1.82, 2.24) is 9.55 Å². The lowest BCUT2D eigenvalue weighted by atomic mass is 10.0. The van der Waals surface area contributed by atoms with Gasteiger partial charge in [-0.15, -0.1) is 0 Å². The second-order valence-corrected chi connectivity index (χ2v) is 5.25. The molecule has 22 heavy (non-hydrogen) atoms. The van der Waals surface area contributed by atoms with E-state index in [2.05, 4.69) is 4.98 Å². The largest absolute Gasteiger partial charge is 0.394 e. The lowest BCUT2D eigenvalue weighted by molar-refractivity contribution is -0.117. The van der Waals surface area contributed by atoms with Crippen LogP contribution in [0.4, 0.5) is 0 Å². The van der Waals surface area contributed by atoms with Crippen LogP contribution in [-0.4, -0.2) is 55.6 Å². The molecule has 9 heteroatoms. The minimum absolute atomic E-state index is 0.0503. The molecule has 0 saturated carbocycles. The minimum Gasteiger partial charge on any atom is -0.394 e. The van der Waals surface area contributed by atoms with Crippen molar-refractivity contribution in [3.8, 4) is 0 Å². The van der Waals surface area contributed by atoms with Crippen molar-refractivity contribution in [3.05, 3.63) is 32.6 Å². The van der Waals surface area contributed by atoms with E-state index >= 15 is 0 Å². The van der Waals surface area contributed by atoms with Gasteiger partial charge in [-0.2, -0.15) is 0 Å². The maximum atomic E-state index is 11.9. The monoisotopic (exact) mass is 314 g/mol. The van der Waals surface area contributed by atoms with Gasteiger partial charge in [0, 0.05) is 19.2 Å². The number of rotatable bonds is 5. The third kappa shape index (κ3) is 3.17. The highest BCUT2D eigenvalue weighted by molar-refractivity contribution is 5.75. The molecule has 4 atom stereocenters. The van der Waals surface area contributed by atoms with Crippen LogP contribution in [0.5, 0.6) is 0 Å². The average molecular weight is 314 g/mol. The molecule has 0 bridgehead atoms. The lowest BCUT2D eigenvalue weighted by Gasteiger charge is -2.15. The highest BCUT2D eigenvalue weighted by Gasteiger charge is 2.44. The number of ketones is 1. The first kappa shape index (κ1) is 16.6. The highest BCUT2D eigenvalue weighted by Crippen LogP contribution is 2.31. The topological polar surface area (TPSA) is 142 Å². The second-order valence-electron chi connectivity index (χ2n) is 5.25. The molecule has 1 aliphatic heterocycles. The molecule has 0 radical (unpaired) electrons. The van der Waals surface area contributed by atoms with Crippen LogP contribution in [0.1, 0.15) is 25.0 Å². The van der Waals surface area contributed by atoms with E-state index in [-0.39, 0.29) is 24.3 Å². The van der Waals surface area contributed by atoms with Gasteiger partial charge in [-0.3, -0.25) is 19.1 Å². The Hall–Kier alpha value is -1.81. The van der Waals surface area contributed by atoms with E-state index in [0.29, 0.717) is 0 Å². The fraction of sp³-hybridized carbons (Fsp3) is 0.615. The van der Waals surface area contributed by atoms with Gasteiger partial charge in [0.05, 0.1) is 12.2 Å². The van der Waals surface area contributed by atoms with Gasteiger partial charge in [-0.1, -0.05) is 0 Å². The standard InChI is InChI=1S/C13H18N2O7/c1-6(17)2-3-15-4-7(12(20)14-13(15)21)11-10(19)9(18)8(5-16)22-11/h4,8-11,16,18-19H,2-3,5H2,1H3,(H,14,20,21)/t8-,9+,10?,11+/m1/s1. The van der Waals surface area contributed by atoms with Crippen molar-refractivity contribution in [1.29, 1.82) is 0 Å². The summed E-state index contributed by atoms with van der Waals surface area (Å²) in [5.41, 5.74) is -1.48. The molecule has 2 heterocycles. The fourth-order valence-electron chi connectivity index (χ4n) is 2.33. The van der Waals surface area contributed by atoms with Gasteiger partial charge in [-0.05, 0) is 6.92 Å². The molecule has 1 saturated heterocycles. The number of H-pyrrole nitrogens is 1. The Labute approximate surface area is 124 Å². The van der Waals surface area contributed by atoms with E-state index in [9.17, 15) is 24.6 Å². The van der Waals surface area contributed by atoms with E-state index in [0.717, 1.165) is 4.57 Å². The minimum atomic E-state index is -1.41. The van der Waals surface area contributed by atoms with Crippen molar-refractivity contribution in [2.24, 2.45) is 0 Å². The van der Waals surface area contributed by atoms with Crippen LogP contribution < -0.4 is 11.2 Å². The van der Waals surface area contributed by atoms with E-state index in [4.69, 9.17) is 9.84 Å². The molecule has 122 valence electrons. The molecule has 1 unspecified atom stereocenters. The molecule has 0 spiro atoms. The van der Waals surface area contributed by atoms with Crippen LogP contribution in [0, 0.1) is 0 Å². The molecular formula is C13H18N2O7. The summed E-state index contributed by atoms with van der Waals surface area (Å²) in [6.45, 7) is 0.938. The number of nitrogens with zero attached hydrogens (tertiary/aromatic N) is 1. The van der Waals surface area contributed by atoms with Gasteiger partial charge in [0.1, 0.15) is 30.2 Å². The zero-order valence-electron chi connectivity index (χ0n) is 11.9. The Bertz CT molecular complexity index is 665. The van der Waals surface area contributed by atoms with Gasteiger partial charge in [-0.25, -0.2) is 4.79 Å². The molecule has 1 aromatic rings. The SMILES string of the molecule is CC(=O)CCn1cc([C@@H]2O[C@H](CO)[C@H](O)C2O)c(=O)[nH]c1=O. The molecule has 0 amide bonds. The molecule has 9 nitrogen and oxygen atoms in total. The van der Waals surface area contributed by atoms with Crippen molar-refractivity contribution >= 4 is 5.78 Å². The Morgan fingerprint density at radius 2 is 2.05 bits per heavy atom. The molecule has 0 aromatic carbocycles. The van der Waals surface area contributed by atoms with Crippen LogP contribution in [0.25, 0.3) is 0 Å². The van der Waals surface area contributed by atoms with Gasteiger partial charge >= 0.3 is 5.69 Å². The smallest absolute Gasteiger partial charge is 0.328 e. The molecule has 4 N–H and O–H groups in total. The molecule has 1 aromatic heterocycles. The number of aliphatic hydroxyl groups is 3. The Kier molecular flexibility index (Phi) is 4.91. The summed E-state index contributed by atoms with van der Waals surface area (Å²) in [6.07, 6.45) is -3.62. The Morgan fingerprint density at radius 3 is 2.59 bits per heavy atom.